The van der Waals surface area contributed by atoms with E-state index in [2.05, 4.69) is 15.9 Å². The maximum Gasteiger partial charge on any atom is 0.234 e. The molecule has 2 nitrogen and oxygen atoms in total. The Hall–Kier alpha value is -0.830. The van der Waals surface area contributed by atoms with Gasteiger partial charge in [0, 0.05) is 0 Å². The fraction of sp³-hybridized carbons (Fsp3) is 0.300. The van der Waals surface area contributed by atoms with Gasteiger partial charge in [-0.15, -0.1) is 0 Å². The summed E-state index contributed by atoms with van der Waals surface area (Å²) in [6, 6.07) is 5.17. The van der Waals surface area contributed by atoms with E-state index >= 15 is 0 Å². The monoisotopic (exact) mass is 240 g/mol. The van der Waals surface area contributed by atoms with E-state index in [1.165, 1.54) is 0 Å². The maximum absolute atomic E-state index is 11.3. The van der Waals surface area contributed by atoms with Gasteiger partial charge in [0.1, 0.15) is 0 Å². The Morgan fingerprint density at radius 3 is 2.69 bits per heavy atom. The second kappa shape index (κ2) is 3.14. The summed E-state index contributed by atoms with van der Waals surface area (Å²) in [4.78, 5) is 11.3. The lowest BCUT2D eigenvalue weighted by atomic mass is 10.2. The number of halogens is 1. The van der Waals surface area contributed by atoms with Crippen molar-refractivity contribution in [2.45, 2.75) is 18.8 Å². The highest BCUT2D eigenvalue weighted by Crippen LogP contribution is 2.40. The van der Waals surface area contributed by atoms with Crippen LogP contribution in [-0.4, -0.2) is 5.11 Å². The first-order valence-corrected chi connectivity index (χ1v) is 5.00. The van der Waals surface area contributed by atoms with E-state index in [4.69, 9.17) is 0 Å². The molecular formula is C10H9BrO2. The first kappa shape index (κ1) is 8.75. The van der Waals surface area contributed by atoms with E-state index in [-0.39, 0.29) is 11.2 Å². The summed E-state index contributed by atoms with van der Waals surface area (Å²) in [5.41, 5.74) is 0.715. The van der Waals surface area contributed by atoms with Crippen LogP contribution in [0, 0.1) is 0 Å². The third-order valence-electron chi connectivity index (χ3n) is 2.22. The van der Waals surface area contributed by atoms with E-state index < -0.39 is 0 Å². The number of aromatic hydroxyl groups is 1. The molecule has 3 heteroatoms. The Balaban J connectivity index is 2.59. The minimum atomic E-state index is -0.341. The summed E-state index contributed by atoms with van der Waals surface area (Å²) in [6.45, 7) is 0. The van der Waals surface area contributed by atoms with Gasteiger partial charge in [0.15, 0.2) is 5.75 Å². The zero-order valence-corrected chi connectivity index (χ0v) is 8.54. The van der Waals surface area contributed by atoms with Crippen LogP contribution in [0.3, 0.4) is 0 Å². The van der Waals surface area contributed by atoms with Gasteiger partial charge in [-0.25, -0.2) is 0 Å². The molecule has 0 amide bonds. The highest BCUT2D eigenvalue weighted by molar-refractivity contribution is 9.10. The molecule has 0 heterocycles. The molecule has 1 aliphatic carbocycles. The van der Waals surface area contributed by atoms with Gasteiger partial charge in [0.05, 0.1) is 4.47 Å². The average Bonchev–Trinajstić information content (AvgIpc) is 2.91. The molecule has 0 bridgehead atoms. The quantitative estimate of drug-likeness (QED) is 0.819. The van der Waals surface area contributed by atoms with Crippen molar-refractivity contribution in [3.8, 4) is 5.75 Å². The van der Waals surface area contributed by atoms with E-state index in [1.54, 1.807) is 12.1 Å². The molecule has 1 fully saturated rings. The Kier molecular flexibility index (Phi) is 2.12. The molecule has 0 saturated heterocycles. The minimum absolute atomic E-state index is 0.168. The summed E-state index contributed by atoms with van der Waals surface area (Å²) in [7, 11) is 0. The summed E-state index contributed by atoms with van der Waals surface area (Å²) >= 11 is 3.11. The summed E-state index contributed by atoms with van der Waals surface area (Å²) in [6.07, 6.45) is 2.32. The summed E-state index contributed by atoms with van der Waals surface area (Å²) in [5, 5.41) is 9.38. The molecule has 1 N–H and O–H groups in total. The molecule has 2 rings (SSSR count). The molecule has 13 heavy (non-hydrogen) atoms. The molecule has 1 saturated carbocycles. The first-order valence-electron chi connectivity index (χ1n) is 4.21. The van der Waals surface area contributed by atoms with Crippen LogP contribution in [-0.2, 0) is 0 Å². The van der Waals surface area contributed by atoms with E-state index in [9.17, 15) is 9.90 Å². The van der Waals surface area contributed by atoms with Crippen molar-refractivity contribution >= 4 is 15.9 Å². The van der Waals surface area contributed by atoms with Crippen molar-refractivity contribution in [3.05, 3.63) is 38.5 Å². The molecule has 1 aromatic carbocycles. The molecule has 0 aromatic heterocycles. The molecule has 0 spiro atoms. The van der Waals surface area contributed by atoms with Gasteiger partial charge >= 0.3 is 0 Å². The van der Waals surface area contributed by atoms with Gasteiger partial charge < -0.3 is 5.11 Å². The lowest BCUT2D eigenvalue weighted by Crippen LogP contribution is -1.95. The Morgan fingerprint density at radius 1 is 1.38 bits per heavy atom. The predicted molar refractivity (Wildman–Crippen MR) is 54.1 cm³/mol. The van der Waals surface area contributed by atoms with Crippen LogP contribution in [0.1, 0.15) is 24.3 Å². The van der Waals surface area contributed by atoms with Crippen molar-refractivity contribution < 1.29 is 5.11 Å². The lowest BCUT2D eigenvalue weighted by Gasteiger charge is -1.90. The SMILES string of the molecule is O=c1c(O)cc(C2CC2)ccc1Br. The normalized spacial score (nSPS) is 15.8. The van der Waals surface area contributed by atoms with E-state index in [0.29, 0.717) is 10.4 Å². The highest BCUT2D eigenvalue weighted by atomic mass is 79.9. The van der Waals surface area contributed by atoms with Crippen LogP contribution < -0.4 is 5.43 Å². The largest absolute Gasteiger partial charge is 0.504 e. The standard InChI is InChI=1S/C10H9BrO2/c11-8-4-3-7(6-1-2-6)5-9(12)10(8)13/h3-6H,1-2H2,(H,12,13). The van der Waals surface area contributed by atoms with Crippen LogP contribution in [0.25, 0.3) is 0 Å². The Labute approximate surface area is 84.4 Å². The van der Waals surface area contributed by atoms with Crippen molar-refractivity contribution in [2.75, 3.05) is 0 Å². The second-order valence-electron chi connectivity index (χ2n) is 3.31. The van der Waals surface area contributed by atoms with Gasteiger partial charge in [0.25, 0.3) is 0 Å². The lowest BCUT2D eigenvalue weighted by molar-refractivity contribution is 0.470. The molecule has 0 radical (unpaired) electrons. The zero-order valence-electron chi connectivity index (χ0n) is 6.96. The van der Waals surface area contributed by atoms with Crippen LogP contribution >= 0.6 is 15.9 Å². The van der Waals surface area contributed by atoms with Crippen molar-refractivity contribution in [1.29, 1.82) is 0 Å². The van der Waals surface area contributed by atoms with Gasteiger partial charge in [0.2, 0.25) is 5.43 Å². The first-order chi connectivity index (χ1) is 6.18. The molecule has 0 unspecified atom stereocenters. The van der Waals surface area contributed by atoms with E-state index in [0.717, 1.165) is 18.4 Å². The van der Waals surface area contributed by atoms with Crippen LogP contribution in [0.15, 0.2) is 27.5 Å². The number of rotatable bonds is 1. The summed E-state index contributed by atoms with van der Waals surface area (Å²) in [5.74, 6) is 0.378. The molecular weight excluding hydrogens is 232 g/mol. The third kappa shape index (κ3) is 1.75. The Bertz CT molecular complexity index is 397. The van der Waals surface area contributed by atoms with Gasteiger partial charge in [-0.3, -0.25) is 4.79 Å². The number of hydrogen-bond donors (Lipinski definition) is 1. The highest BCUT2D eigenvalue weighted by Gasteiger charge is 2.23. The molecule has 1 aromatic rings. The van der Waals surface area contributed by atoms with Crippen LogP contribution in [0.2, 0.25) is 0 Å². The Morgan fingerprint density at radius 2 is 2.08 bits per heavy atom. The minimum Gasteiger partial charge on any atom is -0.504 e. The maximum atomic E-state index is 11.3. The van der Waals surface area contributed by atoms with Crippen LogP contribution in [0.4, 0.5) is 0 Å². The fourth-order valence-corrected chi connectivity index (χ4v) is 1.64. The molecule has 68 valence electrons. The third-order valence-corrected chi connectivity index (χ3v) is 2.85. The number of hydrogen-bond acceptors (Lipinski definition) is 2. The fourth-order valence-electron chi connectivity index (χ4n) is 1.31. The van der Waals surface area contributed by atoms with Crippen LogP contribution in [0.5, 0.6) is 5.75 Å². The summed E-state index contributed by atoms with van der Waals surface area (Å²) < 4.78 is 0.414. The zero-order chi connectivity index (χ0) is 9.42. The average molecular weight is 241 g/mol. The molecule has 1 aliphatic rings. The topological polar surface area (TPSA) is 37.3 Å². The van der Waals surface area contributed by atoms with Gasteiger partial charge in [-0.1, -0.05) is 6.07 Å². The van der Waals surface area contributed by atoms with Crippen molar-refractivity contribution in [3.63, 3.8) is 0 Å². The second-order valence-corrected chi connectivity index (χ2v) is 4.17. The van der Waals surface area contributed by atoms with Crippen molar-refractivity contribution in [2.24, 2.45) is 0 Å². The van der Waals surface area contributed by atoms with Gasteiger partial charge in [-0.2, -0.15) is 0 Å². The van der Waals surface area contributed by atoms with Crippen molar-refractivity contribution in [1.82, 2.24) is 0 Å². The molecule has 0 atom stereocenters. The smallest absolute Gasteiger partial charge is 0.234 e. The van der Waals surface area contributed by atoms with E-state index in [1.807, 2.05) is 6.07 Å². The molecule has 0 aliphatic heterocycles. The predicted octanol–water partition coefficient (Wildman–Crippen LogP) is 2.39. The van der Waals surface area contributed by atoms with Gasteiger partial charge in [-0.05, 0) is 52.4 Å².